The minimum absolute atomic E-state index is 0.581. The van der Waals surface area contributed by atoms with Gasteiger partial charge in [0.1, 0.15) is 0 Å². The Kier molecular flexibility index (Phi) is 14.1. The fourth-order valence-electron chi connectivity index (χ4n) is 2.12. The Morgan fingerprint density at radius 3 is 0.870 bits per heavy atom. The molecular weight excluding hydrogens is 352 g/mol. The molecule has 0 N–H and O–H groups in total. The van der Waals surface area contributed by atoms with Crippen LogP contribution < -0.4 is 0 Å². The lowest BCUT2D eigenvalue weighted by Gasteiger charge is -2.31. The van der Waals surface area contributed by atoms with Crippen molar-refractivity contribution >= 4 is 29.4 Å². The molecule has 0 radical (unpaired) electrons. The zero-order chi connectivity index (χ0) is 17.6. The van der Waals surface area contributed by atoms with Crippen LogP contribution >= 0.6 is 11.8 Å². The Morgan fingerprint density at radius 2 is 0.696 bits per heavy atom. The Morgan fingerprint density at radius 1 is 0.478 bits per heavy atom. The molecule has 0 atom stereocenters. The Labute approximate surface area is 148 Å². The minimum Gasteiger partial charge on any atom is -0.373 e. The lowest BCUT2D eigenvalue weighted by Crippen LogP contribution is -2.52. The molecule has 9 heteroatoms. The molecule has 0 amide bonds. The molecular formula is C14H34O6SSi2. The van der Waals surface area contributed by atoms with E-state index in [1.54, 1.807) is 11.8 Å². The summed E-state index contributed by atoms with van der Waals surface area (Å²) in [5.41, 5.74) is 0. The maximum absolute atomic E-state index is 5.87. The summed E-state index contributed by atoms with van der Waals surface area (Å²) >= 11 is 1.68. The second-order valence-electron chi connectivity index (χ2n) is 4.46. The van der Waals surface area contributed by atoms with E-state index in [1.165, 1.54) is 0 Å². The van der Waals surface area contributed by atoms with Crippen molar-refractivity contribution in [1.82, 2.24) is 0 Å². The summed E-state index contributed by atoms with van der Waals surface area (Å²) in [6.07, 6.45) is 0. The molecule has 0 fully saturated rings. The first-order chi connectivity index (χ1) is 11.1. The molecule has 23 heavy (non-hydrogen) atoms. The standard InChI is InChI=1S/C14H34O6SSi2/c1-7-15-22(16-8-2,17-9-3)13-21-14-23(18-10-4,19-11-5)20-12-6/h7-14H2,1-6H3. The van der Waals surface area contributed by atoms with Crippen LogP contribution in [0.2, 0.25) is 0 Å². The number of rotatable bonds is 16. The highest BCUT2D eigenvalue weighted by molar-refractivity contribution is 8.02. The third-order valence-electron chi connectivity index (χ3n) is 2.74. The van der Waals surface area contributed by atoms with Crippen molar-refractivity contribution in [2.75, 3.05) is 50.4 Å². The normalized spacial score (nSPS) is 12.8. The number of hydrogen-bond acceptors (Lipinski definition) is 7. The summed E-state index contributed by atoms with van der Waals surface area (Å²) in [5.74, 6) is 0. The predicted octanol–water partition coefficient (Wildman–Crippen LogP) is 2.89. The molecule has 0 heterocycles. The molecule has 0 aromatic heterocycles. The fourth-order valence-corrected chi connectivity index (χ4v) is 10.6. The van der Waals surface area contributed by atoms with Crippen LogP contribution in [-0.2, 0) is 26.6 Å². The zero-order valence-corrected chi connectivity index (χ0v) is 18.3. The average molecular weight is 387 g/mol. The zero-order valence-electron chi connectivity index (χ0n) is 15.5. The molecule has 0 aromatic rings. The maximum atomic E-state index is 5.87. The SMILES string of the molecule is CCO[Si](CSC[Si](OCC)(OCC)OCC)(OCC)OCC. The van der Waals surface area contributed by atoms with Gasteiger partial charge in [-0.05, 0) is 41.5 Å². The molecule has 0 aliphatic heterocycles. The first-order valence-corrected chi connectivity index (χ1v) is 13.5. The van der Waals surface area contributed by atoms with Gasteiger partial charge >= 0.3 is 17.6 Å². The van der Waals surface area contributed by atoms with Gasteiger partial charge in [0.2, 0.25) is 0 Å². The van der Waals surface area contributed by atoms with Crippen molar-refractivity contribution in [2.24, 2.45) is 0 Å². The Hall–Kier alpha value is 0.544. The molecule has 0 saturated heterocycles. The van der Waals surface area contributed by atoms with Gasteiger partial charge in [0.25, 0.3) is 0 Å². The largest absolute Gasteiger partial charge is 0.511 e. The van der Waals surface area contributed by atoms with E-state index in [4.69, 9.17) is 26.6 Å². The molecule has 0 aromatic carbocycles. The Balaban J connectivity index is 4.82. The van der Waals surface area contributed by atoms with E-state index in [1.807, 2.05) is 41.5 Å². The van der Waals surface area contributed by atoms with Crippen LogP contribution in [0.3, 0.4) is 0 Å². The monoisotopic (exact) mass is 386 g/mol. The van der Waals surface area contributed by atoms with Gasteiger partial charge in [0.05, 0.1) is 10.8 Å². The van der Waals surface area contributed by atoms with Crippen LogP contribution in [0, 0.1) is 0 Å². The van der Waals surface area contributed by atoms with E-state index < -0.39 is 17.6 Å². The second kappa shape index (κ2) is 13.8. The molecule has 140 valence electrons. The molecule has 6 nitrogen and oxygen atoms in total. The highest BCUT2D eigenvalue weighted by Gasteiger charge is 2.45. The topological polar surface area (TPSA) is 55.4 Å². The average Bonchev–Trinajstić information content (AvgIpc) is 2.49. The van der Waals surface area contributed by atoms with Gasteiger partial charge in [-0.15, -0.1) is 0 Å². The summed E-state index contributed by atoms with van der Waals surface area (Å²) < 4.78 is 35.2. The van der Waals surface area contributed by atoms with E-state index in [0.717, 1.165) is 0 Å². The highest BCUT2D eigenvalue weighted by Crippen LogP contribution is 2.22. The van der Waals surface area contributed by atoms with Crippen LogP contribution in [0.5, 0.6) is 0 Å². The molecule has 0 saturated carbocycles. The van der Waals surface area contributed by atoms with Crippen molar-refractivity contribution in [1.29, 1.82) is 0 Å². The van der Waals surface area contributed by atoms with Crippen molar-refractivity contribution in [3.8, 4) is 0 Å². The molecule has 0 aliphatic carbocycles. The minimum atomic E-state index is -2.65. The molecule has 0 spiro atoms. The number of hydrogen-bond donors (Lipinski definition) is 0. The van der Waals surface area contributed by atoms with Gasteiger partial charge in [-0.25, -0.2) is 0 Å². The summed E-state index contributed by atoms with van der Waals surface area (Å²) in [6, 6.07) is 0. The quantitative estimate of drug-likeness (QED) is 0.378. The van der Waals surface area contributed by atoms with Crippen molar-refractivity contribution in [3.05, 3.63) is 0 Å². The van der Waals surface area contributed by atoms with E-state index in [0.29, 0.717) is 50.4 Å². The molecule has 0 bridgehead atoms. The van der Waals surface area contributed by atoms with Crippen LogP contribution in [0.15, 0.2) is 0 Å². The van der Waals surface area contributed by atoms with E-state index >= 15 is 0 Å². The second-order valence-corrected chi connectivity index (χ2v) is 11.6. The first-order valence-electron chi connectivity index (χ1n) is 8.48. The van der Waals surface area contributed by atoms with Crippen molar-refractivity contribution in [3.63, 3.8) is 0 Å². The summed E-state index contributed by atoms with van der Waals surface area (Å²) in [4.78, 5) is 0. The Bertz CT molecular complexity index is 226. The van der Waals surface area contributed by atoms with E-state index in [2.05, 4.69) is 0 Å². The van der Waals surface area contributed by atoms with E-state index in [-0.39, 0.29) is 0 Å². The van der Waals surface area contributed by atoms with Crippen LogP contribution in [-0.4, -0.2) is 68.0 Å². The third-order valence-corrected chi connectivity index (χ3v) is 11.6. The van der Waals surface area contributed by atoms with Gasteiger partial charge in [-0.2, -0.15) is 11.8 Å². The summed E-state index contributed by atoms with van der Waals surface area (Å²) in [6.45, 7) is 15.3. The van der Waals surface area contributed by atoms with Crippen molar-refractivity contribution < 1.29 is 26.6 Å². The smallest absolute Gasteiger partial charge is 0.373 e. The van der Waals surface area contributed by atoms with E-state index in [9.17, 15) is 0 Å². The summed E-state index contributed by atoms with van der Waals surface area (Å²) in [7, 11) is -5.29. The maximum Gasteiger partial charge on any atom is 0.511 e. The fraction of sp³-hybridized carbons (Fsp3) is 1.00. The first kappa shape index (κ1) is 23.5. The predicted molar refractivity (Wildman–Crippen MR) is 98.6 cm³/mol. The van der Waals surface area contributed by atoms with Gasteiger partial charge < -0.3 is 26.6 Å². The van der Waals surface area contributed by atoms with Gasteiger partial charge in [-0.3, -0.25) is 0 Å². The molecule has 0 unspecified atom stereocenters. The van der Waals surface area contributed by atoms with Crippen LogP contribution in [0.1, 0.15) is 41.5 Å². The summed E-state index contributed by atoms with van der Waals surface area (Å²) in [5, 5.41) is 1.34. The van der Waals surface area contributed by atoms with Crippen LogP contribution in [0.4, 0.5) is 0 Å². The highest BCUT2D eigenvalue weighted by atomic mass is 32.2. The number of thioether (sulfide) groups is 1. The third kappa shape index (κ3) is 8.98. The van der Waals surface area contributed by atoms with Gasteiger partial charge in [-0.1, -0.05) is 0 Å². The van der Waals surface area contributed by atoms with Gasteiger partial charge in [0.15, 0.2) is 0 Å². The van der Waals surface area contributed by atoms with Crippen LogP contribution in [0.25, 0.3) is 0 Å². The molecule has 0 rings (SSSR count). The lowest BCUT2D eigenvalue weighted by atomic mass is 10.9. The van der Waals surface area contributed by atoms with Crippen molar-refractivity contribution in [2.45, 2.75) is 41.5 Å². The lowest BCUT2D eigenvalue weighted by molar-refractivity contribution is 0.0765. The van der Waals surface area contributed by atoms with Gasteiger partial charge in [0, 0.05) is 39.6 Å². The molecule has 0 aliphatic rings.